The molecule has 216 valence electrons. The van der Waals surface area contributed by atoms with Gasteiger partial charge in [-0.15, -0.1) is 9.98 Å². The van der Waals surface area contributed by atoms with Gasteiger partial charge in [0.25, 0.3) is 11.6 Å². The lowest BCUT2D eigenvalue weighted by atomic mass is 10.1. The van der Waals surface area contributed by atoms with Crippen LogP contribution in [0.4, 0.5) is 0 Å². The van der Waals surface area contributed by atoms with E-state index in [1.807, 2.05) is 24.3 Å². The summed E-state index contributed by atoms with van der Waals surface area (Å²) in [7, 11) is 0. The van der Waals surface area contributed by atoms with Gasteiger partial charge in [0.15, 0.2) is 0 Å². The topological polar surface area (TPSA) is 43.3 Å². The van der Waals surface area contributed by atoms with Crippen molar-refractivity contribution in [3.63, 3.8) is 0 Å². The van der Waals surface area contributed by atoms with Gasteiger partial charge < -0.3 is 18.8 Å². The van der Waals surface area contributed by atoms with Gasteiger partial charge in [-0.3, -0.25) is 0 Å². The van der Waals surface area contributed by atoms with E-state index >= 15 is 0 Å². The summed E-state index contributed by atoms with van der Waals surface area (Å²) in [4.78, 5) is 16.2. The molecule has 2 aromatic heterocycles. The fraction of sp³-hybridized carbons (Fsp3) is 0.128. The molecule has 6 heteroatoms. The van der Waals surface area contributed by atoms with Gasteiger partial charge in [-0.2, -0.15) is 0 Å². The van der Waals surface area contributed by atoms with Crippen molar-refractivity contribution < 1.29 is 0 Å². The average molecular weight is 583 g/mol. The van der Waals surface area contributed by atoms with Crippen LogP contribution in [0.5, 0.6) is 0 Å². The van der Waals surface area contributed by atoms with E-state index in [0.717, 1.165) is 24.2 Å². The monoisotopic (exact) mass is 582 g/mol. The van der Waals surface area contributed by atoms with Crippen LogP contribution in [-0.4, -0.2) is 20.6 Å². The highest BCUT2D eigenvalue weighted by molar-refractivity contribution is 6.17. The van der Waals surface area contributed by atoms with Crippen molar-refractivity contribution in [1.29, 1.82) is 0 Å². The zero-order valence-electron chi connectivity index (χ0n) is 25.2. The Kier molecular flexibility index (Phi) is 7.17. The van der Waals surface area contributed by atoms with Gasteiger partial charge in [-0.05, 0) is 73.5 Å². The average Bonchev–Trinajstić information content (AvgIpc) is 3.50. The van der Waals surface area contributed by atoms with Crippen molar-refractivity contribution in [2.75, 3.05) is 0 Å². The summed E-state index contributed by atoms with van der Waals surface area (Å²) in [6, 6.07) is 29.9. The van der Waals surface area contributed by atoms with Gasteiger partial charge in [0.05, 0.1) is 6.42 Å². The van der Waals surface area contributed by atoms with E-state index in [0.29, 0.717) is 17.8 Å². The number of para-hydroxylation sites is 2. The molecule has 0 fully saturated rings. The fourth-order valence-electron chi connectivity index (χ4n) is 6.40. The predicted octanol–water partition coefficient (Wildman–Crippen LogP) is 9.92. The fourth-order valence-corrected chi connectivity index (χ4v) is 6.40. The number of rotatable bonds is 6. The SMILES string of the molecule is [C-]#[N+]C1=C([N+]#[C-])N=C(C=Cc2ccc3c(c2)c2ccccc2n3CC)CC(C=Cc2ccc3c(c2)c2ccccc2n3CC)=N1. The zero-order chi connectivity index (χ0) is 30.9. The molecule has 4 aromatic carbocycles. The number of hydrogen-bond acceptors (Lipinski definition) is 2. The van der Waals surface area contributed by atoms with Crippen molar-refractivity contribution in [2.45, 2.75) is 33.4 Å². The maximum atomic E-state index is 7.67. The molecule has 7 rings (SSSR count). The van der Waals surface area contributed by atoms with Crippen LogP contribution in [0.1, 0.15) is 31.4 Å². The lowest BCUT2D eigenvalue weighted by Gasteiger charge is -2.03. The Hall–Kier alpha value is -5.98. The van der Waals surface area contributed by atoms with Crippen molar-refractivity contribution >= 4 is 67.2 Å². The minimum absolute atomic E-state index is 0.0170. The first-order chi connectivity index (χ1) is 22.1. The first-order valence-corrected chi connectivity index (χ1v) is 15.1. The van der Waals surface area contributed by atoms with E-state index < -0.39 is 0 Å². The molecule has 0 unspecified atom stereocenters. The molecule has 0 atom stereocenters. The third-order valence-corrected chi connectivity index (χ3v) is 8.43. The van der Waals surface area contributed by atoms with Crippen LogP contribution in [0, 0.1) is 13.1 Å². The first kappa shape index (κ1) is 27.8. The van der Waals surface area contributed by atoms with Gasteiger partial charge in [-0.1, -0.05) is 73.8 Å². The van der Waals surface area contributed by atoms with E-state index in [9.17, 15) is 0 Å². The highest BCUT2D eigenvalue weighted by atomic mass is 15.1. The molecule has 0 saturated heterocycles. The molecule has 0 N–H and O–H groups in total. The molecule has 1 aliphatic rings. The number of benzene rings is 4. The minimum Gasteiger partial charge on any atom is -0.370 e. The van der Waals surface area contributed by atoms with Gasteiger partial charge in [-0.25, -0.2) is 0 Å². The summed E-state index contributed by atoms with van der Waals surface area (Å²) in [5.41, 5.74) is 8.32. The normalized spacial score (nSPS) is 14.0. The number of allylic oxidation sites excluding steroid dienone is 2. The lowest BCUT2D eigenvalue weighted by molar-refractivity contribution is 0.827. The van der Waals surface area contributed by atoms with Crippen LogP contribution >= 0.6 is 0 Å². The Labute approximate surface area is 261 Å². The van der Waals surface area contributed by atoms with Crippen molar-refractivity contribution in [3.8, 4) is 0 Å². The molecule has 1 aliphatic heterocycles. The Morgan fingerprint density at radius 1 is 0.578 bits per heavy atom. The van der Waals surface area contributed by atoms with E-state index in [2.05, 4.69) is 128 Å². The highest BCUT2D eigenvalue weighted by Crippen LogP contribution is 2.31. The summed E-state index contributed by atoms with van der Waals surface area (Å²) in [6.07, 6.45) is 8.33. The molecular formula is C39H30N6. The van der Waals surface area contributed by atoms with E-state index in [1.54, 1.807) is 0 Å². The largest absolute Gasteiger partial charge is 0.370 e. The van der Waals surface area contributed by atoms with Crippen molar-refractivity contribution in [2.24, 2.45) is 9.98 Å². The summed E-state index contributed by atoms with van der Waals surface area (Å²) in [6.45, 7) is 21.5. The van der Waals surface area contributed by atoms with E-state index in [-0.39, 0.29) is 11.6 Å². The van der Waals surface area contributed by atoms with Crippen molar-refractivity contribution in [3.05, 3.63) is 143 Å². The van der Waals surface area contributed by atoms with Crippen molar-refractivity contribution in [1.82, 2.24) is 9.13 Å². The molecule has 0 bridgehead atoms. The Morgan fingerprint density at radius 2 is 1.00 bits per heavy atom. The molecule has 0 saturated carbocycles. The van der Waals surface area contributed by atoms with Crippen LogP contribution in [0.3, 0.4) is 0 Å². The van der Waals surface area contributed by atoms with Gasteiger partial charge in [0.1, 0.15) is 11.4 Å². The van der Waals surface area contributed by atoms with Gasteiger partial charge in [0, 0.05) is 56.7 Å². The number of aliphatic imine (C=N–C) groups is 2. The van der Waals surface area contributed by atoms with E-state index in [4.69, 9.17) is 13.1 Å². The molecule has 0 radical (unpaired) electrons. The standard InChI is InChI=1S/C39H30N6/c1-5-44-34-13-9-7-11-30(34)32-23-26(17-21-36(32)44)15-19-28-25-29(43-39(41-4)38(40-3)42-28)20-16-27-18-22-37-33(24-27)31-12-8-10-14-35(31)45(37)6-2/h7-24H,5-6,25H2,1-2H3. The molecule has 6 aromatic rings. The highest BCUT2D eigenvalue weighted by Gasteiger charge is 2.18. The summed E-state index contributed by atoms with van der Waals surface area (Å²) >= 11 is 0. The number of nitrogens with zero attached hydrogens (tertiary/aromatic N) is 6. The number of aromatic nitrogens is 2. The van der Waals surface area contributed by atoms with Crippen LogP contribution in [0.15, 0.2) is 119 Å². The predicted molar refractivity (Wildman–Crippen MR) is 188 cm³/mol. The third kappa shape index (κ3) is 4.93. The van der Waals surface area contributed by atoms with Crippen LogP contribution in [0.25, 0.3) is 65.5 Å². The van der Waals surface area contributed by atoms with Crippen LogP contribution in [-0.2, 0) is 13.1 Å². The second kappa shape index (κ2) is 11.6. The molecule has 0 amide bonds. The van der Waals surface area contributed by atoms with E-state index in [1.165, 1.54) is 43.6 Å². The van der Waals surface area contributed by atoms with Crippen LogP contribution < -0.4 is 0 Å². The number of aryl methyl sites for hydroxylation is 2. The molecule has 3 heterocycles. The van der Waals surface area contributed by atoms with Gasteiger partial charge >= 0.3 is 0 Å². The second-order valence-electron chi connectivity index (χ2n) is 11.0. The lowest BCUT2D eigenvalue weighted by Crippen LogP contribution is -2.02. The third-order valence-electron chi connectivity index (χ3n) is 8.43. The molecule has 0 spiro atoms. The molecule has 45 heavy (non-hydrogen) atoms. The Morgan fingerprint density at radius 3 is 1.42 bits per heavy atom. The zero-order valence-corrected chi connectivity index (χ0v) is 25.2. The quantitative estimate of drug-likeness (QED) is 0.175. The van der Waals surface area contributed by atoms with Crippen LogP contribution in [0.2, 0.25) is 0 Å². The maximum Gasteiger partial charge on any atom is 0.293 e. The molecular weight excluding hydrogens is 552 g/mol. The summed E-state index contributed by atoms with van der Waals surface area (Å²) in [5, 5.41) is 4.87. The summed E-state index contributed by atoms with van der Waals surface area (Å²) in [5.74, 6) is 0.0339. The number of fused-ring (bicyclic) bond motifs is 6. The van der Waals surface area contributed by atoms with Gasteiger partial charge in [0.2, 0.25) is 0 Å². The maximum absolute atomic E-state index is 7.67. The minimum atomic E-state index is 0.0170. The Bertz CT molecular complexity index is 2220. The number of hydrogen-bond donors (Lipinski definition) is 0. The summed E-state index contributed by atoms with van der Waals surface area (Å²) < 4.78 is 4.67. The first-order valence-electron chi connectivity index (χ1n) is 15.1. The molecule has 0 aliphatic carbocycles. The molecule has 6 nitrogen and oxygen atoms in total. The second-order valence-corrected chi connectivity index (χ2v) is 11.0. The Balaban J connectivity index is 1.22. The smallest absolute Gasteiger partial charge is 0.293 e.